The number of carbonyl (C=O) groups excluding carboxylic acids is 1. The van der Waals surface area contributed by atoms with Crippen LogP contribution < -0.4 is 15.0 Å². The van der Waals surface area contributed by atoms with E-state index in [1.807, 2.05) is 43.0 Å². The van der Waals surface area contributed by atoms with Gasteiger partial charge < -0.3 is 15.0 Å². The number of aryl methyl sites for hydroxylation is 1. The molecule has 1 amide bonds. The molecule has 0 aliphatic rings. The molecule has 0 heterocycles. The van der Waals surface area contributed by atoms with E-state index in [2.05, 4.69) is 27.9 Å². The van der Waals surface area contributed by atoms with Crippen LogP contribution in [0.25, 0.3) is 0 Å². The van der Waals surface area contributed by atoms with Crippen molar-refractivity contribution < 1.29 is 9.53 Å². The van der Waals surface area contributed by atoms with Gasteiger partial charge in [-0.25, -0.2) is 4.79 Å². The Morgan fingerprint density at radius 3 is 2.41 bits per heavy atom. The summed E-state index contributed by atoms with van der Waals surface area (Å²) < 4.78 is 5.03. The average molecular weight is 350 g/mol. The summed E-state index contributed by atoms with van der Waals surface area (Å²) in [5, 5.41) is 2.40. The average Bonchev–Trinajstić information content (AvgIpc) is 2.33. The van der Waals surface area contributed by atoms with Crippen molar-refractivity contribution >= 4 is 34.4 Å². The normalized spacial score (nSPS) is 8.82. The molecule has 0 atom stereocenters. The number of alkyl halides is 1. The van der Waals surface area contributed by atoms with Crippen LogP contribution in [0.1, 0.15) is 5.56 Å². The highest BCUT2D eigenvalue weighted by Gasteiger charge is 2.05. The molecule has 0 saturated carbocycles. The summed E-state index contributed by atoms with van der Waals surface area (Å²) in [5.41, 5.74) is 2.18. The SMILES string of the molecule is CI.CNC(=O)Oc1ccc(C)c(N(C)C)c1. The predicted molar refractivity (Wildman–Crippen MR) is 80.5 cm³/mol. The number of rotatable bonds is 2. The van der Waals surface area contributed by atoms with E-state index in [0.717, 1.165) is 11.3 Å². The van der Waals surface area contributed by atoms with E-state index < -0.39 is 6.09 Å². The Hall–Kier alpha value is -0.980. The van der Waals surface area contributed by atoms with E-state index in [-0.39, 0.29) is 0 Å². The van der Waals surface area contributed by atoms with Gasteiger partial charge >= 0.3 is 6.09 Å². The van der Waals surface area contributed by atoms with Crippen LogP contribution in [0.15, 0.2) is 18.2 Å². The van der Waals surface area contributed by atoms with Crippen LogP contribution in [0.3, 0.4) is 0 Å². The Balaban J connectivity index is 0.00000121. The maximum absolute atomic E-state index is 11.0. The number of carbonyl (C=O) groups is 1. The zero-order chi connectivity index (χ0) is 13.4. The minimum atomic E-state index is -0.455. The van der Waals surface area contributed by atoms with E-state index in [1.54, 1.807) is 6.07 Å². The van der Waals surface area contributed by atoms with Gasteiger partial charge in [0, 0.05) is 32.9 Å². The molecule has 5 heteroatoms. The number of ether oxygens (including phenoxy) is 1. The van der Waals surface area contributed by atoms with Gasteiger partial charge in [-0.05, 0) is 23.5 Å². The van der Waals surface area contributed by atoms with E-state index >= 15 is 0 Å². The molecule has 17 heavy (non-hydrogen) atoms. The Kier molecular flexibility index (Phi) is 7.69. The van der Waals surface area contributed by atoms with Crippen LogP contribution in [-0.2, 0) is 0 Å². The molecule has 0 aliphatic heterocycles. The molecule has 0 spiro atoms. The molecule has 0 radical (unpaired) electrons. The molecule has 0 aromatic heterocycles. The minimum absolute atomic E-state index is 0.455. The monoisotopic (exact) mass is 350 g/mol. The smallest absolute Gasteiger partial charge is 0.410 e. The summed E-state index contributed by atoms with van der Waals surface area (Å²) in [7, 11) is 5.43. The molecule has 1 aromatic rings. The Labute approximate surface area is 116 Å². The number of anilines is 1. The van der Waals surface area contributed by atoms with Gasteiger partial charge in [0.15, 0.2) is 0 Å². The van der Waals surface area contributed by atoms with Gasteiger partial charge in [-0.2, -0.15) is 0 Å². The number of amides is 1. The Morgan fingerprint density at radius 2 is 1.94 bits per heavy atom. The number of hydrogen-bond acceptors (Lipinski definition) is 3. The standard InChI is InChI=1S/C11H16N2O2.CH3I/c1-8-5-6-9(15-11(14)12-2)7-10(8)13(3)4;1-2/h5-7H,1-4H3,(H,12,14);1H3. The number of benzene rings is 1. The highest BCUT2D eigenvalue weighted by Crippen LogP contribution is 2.23. The third-order valence-corrected chi connectivity index (χ3v) is 2.08. The summed E-state index contributed by atoms with van der Waals surface area (Å²) in [6.07, 6.45) is -0.455. The first kappa shape index (κ1) is 16.0. The fourth-order valence-electron chi connectivity index (χ4n) is 1.29. The molecule has 0 bridgehead atoms. The molecule has 96 valence electrons. The molecule has 0 fully saturated rings. The van der Waals surface area contributed by atoms with Crippen molar-refractivity contribution in [3.05, 3.63) is 23.8 Å². The fourth-order valence-corrected chi connectivity index (χ4v) is 1.29. The van der Waals surface area contributed by atoms with Crippen molar-refractivity contribution in [3.63, 3.8) is 0 Å². The molecular weight excluding hydrogens is 331 g/mol. The van der Waals surface area contributed by atoms with Crippen molar-refractivity contribution in [3.8, 4) is 5.75 Å². The van der Waals surface area contributed by atoms with Crippen LogP contribution >= 0.6 is 22.6 Å². The zero-order valence-corrected chi connectivity index (χ0v) is 13.0. The topological polar surface area (TPSA) is 41.6 Å². The lowest BCUT2D eigenvalue weighted by atomic mass is 10.2. The third kappa shape index (κ3) is 5.25. The van der Waals surface area contributed by atoms with Crippen LogP contribution in [0, 0.1) is 6.92 Å². The van der Waals surface area contributed by atoms with Crippen molar-refractivity contribution in [2.24, 2.45) is 0 Å². The van der Waals surface area contributed by atoms with Gasteiger partial charge in [0.1, 0.15) is 5.75 Å². The van der Waals surface area contributed by atoms with Crippen molar-refractivity contribution in [2.75, 3.05) is 31.0 Å². The summed E-state index contributed by atoms with van der Waals surface area (Å²) in [4.78, 5) is 14.9. The first-order chi connectivity index (χ1) is 8.04. The van der Waals surface area contributed by atoms with E-state index in [4.69, 9.17) is 4.74 Å². The van der Waals surface area contributed by atoms with Gasteiger partial charge in [-0.3, -0.25) is 0 Å². The van der Waals surface area contributed by atoms with Gasteiger partial charge in [-0.1, -0.05) is 28.7 Å². The molecule has 1 rings (SSSR count). The highest BCUT2D eigenvalue weighted by molar-refractivity contribution is 14.1. The molecule has 0 unspecified atom stereocenters. The van der Waals surface area contributed by atoms with Crippen molar-refractivity contribution in [1.82, 2.24) is 5.32 Å². The van der Waals surface area contributed by atoms with E-state index in [1.165, 1.54) is 7.05 Å². The quantitative estimate of drug-likeness (QED) is 0.659. The molecule has 1 N–H and O–H groups in total. The number of nitrogens with one attached hydrogen (secondary N) is 1. The second kappa shape index (κ2) is 8.16. The van der Waals surface area contributed by atoms with Gasteiger partial charge in [-0.15, -0.1) is 0 Å². The zero-order valence-electron chi connectivity index (χ0n) is 10.9. The fraction of sp³-hybridized carbons (Fsp3) is 0.417. The largest absolute Gasteiger partial charge is 0.412 e. The maximum atomic E-state index is 11.0. The molecule has 1 aromatic carbocycles. The molecular formula is C12H19IN2O2. The second-order valence-electron chi connectivity index (χ2n) is 3.48. The predicted octanol–water partition coefficient (Wildman–Crippen LogP) is 2.83. The number of halogens is 1. The maximum Gasteiger partial charge on any atom is 0.412 e. The lowest BCUT2D eigenvalue weighted by Crippen LogP contribution is -2.22. The lowest BCUT2D eigenvalue weighted by molar-refractivity contribution is 0.203. The number of hydrogen-bond donors (Lipinski definition) is 1. The van der Waals surface area contributed by atoms with Crippen LogP contribution in [0.5, 0.6) is 5.75 Å². The summed E-state index contributed by atoms with van der Waals surface area (Å²) in [6.45, 7) is 2.01. The first-order valence-electron chi connectivity index (χ1n) is 5.10. The summed E-state index contributed by atoms with van der Waals surface area (Å²) in [5.74, 6) is 0.545. The molecule has 4 nitrogen and oxygen atoms in total. The van der Waals surface area contributed by atoms with Gasteiger partial charge in [0.2, 0.25) is 0 Å². The van der Waals surface area contributed by atoms with Gasteiger partial charge in [0.25, 0.3) is 0 Å². The Morgan fingerprint density at radius 1 is 1.35 bits per heavy atom. The Bertz CT molecular complexity index is 368. The second-order valence-corrected chi connectivity index (χ2v) is 3.48. The lowest BCUT2D eigenvalue weighted by Gasteiger charge is -2.16. The summed E-state index contributed by atoms with van der Waals surface area (Å²) >= 11 is 2.15. The van der Waals surface area contributed by atoms with Crippen molar-refractivity contribution in [2.45, 2.75) is 6.92 Å². The minimum Gasteiger partial charge on any atom is -0.410 e. The van der Waals surface area contributed by atoms with E-state index in [0.29, 0.717) is 5.75 Å². The first-order valence-corrected chi connectivity index (χ1v) is 7.25. The van der Waals surface area contributed by atoms with Crippen LogP contribution in [0.4, 0.5) is 10.5 Å². The van der Waals surface area contributed by atoms with Crippen LogP contribution in [-0.4, -0.2) is 32.2 Å². The third-order valence-electron chi connectivity index (χ3n) is 2.08. The number of nitrogens with zero attached hydrogens (tertiary/aromatic N) is 1. The van der Waals surface area contributed by atoms with Crippen molar-refractivity contribution in [1.29, 1.82) is 0 Å². The van der Waals surface area contributed by atoms with Gasteiger partial charge in [0.05, 0.1) is 0 Å². The molecule has 0 saturated heterocycles. The highest BCUT2D eigenvalue weighted by atomic mass is 127. The molecule has 0 aliphatic carbocycles. The summed E-state index contributed by atoms with van der Waals surface area (Å²) in [6, 6.07) is 5.54. The van der Waals surface area contributed by atoms with E-state index in [9.17, 15) is 4.79 Å². The van der Waals surface area contributed by atoms with Crippen LogP contribution in [0.2, 0.25) is 0 Å².